The minimum absolute atomic E-state index is 0.000168. The van der Waals surface area contributed by atoms with Crippen molar-refractivity contribution >= 4 is 63.0 Å². The first kappa shape index (κ1) is 20.7. The molecule has 2 aromatic carbocycles. The molecule has 3 aliphatic heterocycles. The van der Waals surface area contributed by atoms with Crippen molar-refractivity contribution in [3.8, 4) is 0 Å². The lowest BCUT2D eigenvalue weighted by Gasteiger charge is -2.18. The van der Waals surface area contributed by atoms with Crippen molar-refractivity contribution in [2.24, 2.45) is 0 Å². The second kappa shape index (κ2) is 8.39. The second-order valence-corrected chi connectivity index (χ2v) is 9.74. The summed E-state index contributed by atoms with van der Waals surface area (Å²) < 4.78 is 6.15. The van der Waals surface area contributed by atoms with E-state index < -0.39 is 0 Å². The normalized spacial score (nSPS) is 23.3. The molecule has 2 saturated heterocycles. The fraction of sp³-hybridized carbons (Fsp3) is 0.261. The molecule has 0 bridgehead atoms. The van der Waals surface area contributed by atoms with Gasteiger partial charge in [-0.1, -0.05) is 65.9 Å². The van der Waals surface area contributed by atoms with Crippen LogP contribution in [0.15, 0.2) is 53.4 Å². The summed E-state index contributed by atoms with van der Waals surface area (Å²) in [6.07, 6.45) is 1.91. The van der Waals surface area contributed by atoms with Gasteiger partial charge in [-0.2, -0.15) is 0 Å². The number of fused-ring (bicyclic) bond motifs is 1. The van der Waals surface area contributed by atoms with Gasteiger partial charge >= 0.3 is 0 Å². The van der Waals surface area contributed by atoms with E-state index in [0.29, 0.717) is 39.5 Å². The number of ether oxygens (including phenoxy) is 1. The fourth-order valence-electron chi connectivity index (χ4n) is 4.13. The van der Waals surface area contributed by atoms with Crippen LogP contribution in [0.3, 0.4) is 0 Å². The first-order valence-electron chi connectivity index (χ1n) is 10.1. The molecular weight excluding hydrogens is 452 g/mol. The Morgan fingerprint density at radius 3 is 2.58 bits per heavy atom. The summed E-state index contributed by atoms with van der Waals surface area (Å²) in [4.78, 5) is 30.5. The minimum Gasteiger partial charge on any atom is -0.376 e. The third-order valence-electron chi connectivity index (χ3n) is 5.66. The predicted octanol–water partition coefficient (Wildman–Crippen LogP) is 4.64. The lowest BCUT2D eigenvalue weighted by atomic mass is 10.1. The second-order valence-electron chi connectivity index (χ2n) is 7.66. The van der Waals surface area contributed by atoms with Gasteiger partial charge in [0.15, 0.2) is 0 Å². The molecule has 31 heavy (non-hydrogen) atoms. The van der Waals surface area contributed by atoms with Crippen LogP contribution in [-0.4, -0.2) is 40.3 Å². The number of rotatable bonds is 4. The van der Waals surface area contributed by atoms with Gasteiger partial charge in [0.1, 0.15) is 4.32 Å². The molecule has 3 aliphatic rings. The van der Waals surface area contributed by atoms with Crippen molar-refractivity contribution < 1.29 is 14.3 Å². The average Bonchev–Trinajstić information content (AvgIpc) is 3.45. The van der Waals surface area contributed by atoms with E-state index in [-0.39, 0.29) is 17.9 Å². The first-order chi connectivity index (χ1) is 15.0. The van der Waals surface area contributed by atoms with E-state index in [0.717, 1.165) is 29.7 Å². The largest absolute Gasteiger partial charge is 0.376 e. The number of hydrogen-bond donors (Lipinski definition) is 0. The molecule has 0 N–H and O–H groups in total. The molecule has 8 heteroatoms. The van der Waals surface area contributed by atoms with Gasteiger partial charge in [-0.15, -0.1) is 0 Å². The molecule has 0 aromatic heterocycles. The van der Waals surface area contributed by atoms with E-state index in [1.54, 1.807) is 21.9 Å². The van der Waals surface area contributed by atoms with Gasteiger partial charge in [-0.05, 0) is 36.6 Å². The van der Waals surface area contributed by atoms with Crippen molar-refractivity contribution in [3.63, 3.8) is 0 Å². The summed E-state index contributed by atoms with van der Waals surface area (Å²) >= 11 is 12.7. The fourth-order valence-corrected chi connectivity index (χ4v) is 5.60. The molecule has 0 saturated carbocycles. The smallest absolute Gasteiger partial charge is 0.267 e. The van der Waals surface area contributed by atoms with E-state index in [4.69, 9.17) is 28.6 Å². The highest BCUT2D eigenvalue weighted by atomic mass is 35.5. The van der Waals surface area contributed by atoms with Gasteiger partial charge in [-0.25, -0.2) is 0 Å². The van der Waals surface area contributed by atoms with Crippen LogP contribution in [0.4, 0.5) is 5.69 Å². The van der Waals surface area contributed by atoms with E-state index in [9.17, 15) is 9.59 Å². The number of nitrogens with zero attached hydrogens (tertiary/aromatic N) is 2. The van der Waals surface area contributed by atoms with Crippen LogP contribution in [0.25, 0.3) is 5.57 Å². The highest BCUT2D eigenvalue weighted by Gasteiger charge is 2.42. The Bertz CT molecular complexity index is 1110. The van der Waals surface area contributed by atoms with Gasteiger partial charge in [-0.3, -0.25) is 14.5 Å². The van der Waals surface area contributed by atoms with Crippen LogP contribution in [0.2, 0.25) is 5.02 Å². The molecule has 2 amide bonds. The Labute approximate surface area is 195 Å². The lowest BCUT2D eigenvalue weighted by Crippen LogP contribution is -2.35. The number of halogens is 1. The highest BCUT2D eigenvalue weighted by Crippen LogP contribution is 2.45. The topological polar surface area (TPSA) is 49.9 Å². The van der Waals surface area contributed by atoms with E-state index in [2.05, 4.69) is 0 Å². The zero-order valence-corrected chi connectivity index (χ0v) is 18.9. The van der Waals surface area contributed by atoms with Crippen LogP contribution < -0.4 is 4.90 Å². The van der Waals surface area contributed by atoms with Crippen LogP contribution in [-0.2, 0) is 20.9 Å². The Morgan fingerprint density at radius 1 is 1.06 bits per heavy atom. The molecule has 1 atom stereocenters. The molecule has 3 heterocycles. The Balaban J connectivity index is 1.49. The minimum atomic E-state index is -0.211. The molecule has 5 nitrogen and oxygen atoms in total. The summed E-state index contributed by atoms with van der Waals surface area (Å²) in [5.74, 6) is -0.397. The summed E-state index contributed by atoms with van der Waals surface area (Å²) in [5.41, 5.74) is 2.94. The maximum atomic E-state index is 13.5. The number of thiocarbonyl (C=S) groups is 1. The molecule has 2 fully saturated rings. The van der Waals surface area contributed by atoms with Crippen LogP contribution in [0, 0.1) is 0 Å². The van der Waals surface area contributed by atoms with E-state index in [1.165, 1.54) is 11.8 Å². The van der Waals surface area contributed by atoms with Crippen molar-refractivity contribution in [2.75, 3.05) is 18.1 Å². The van der Waals surface area contributed by atoms with Crippen molar-refractivity contribution in [2.45, 2.75) is 25.5 Å². The number of carbonyl (C=O) groups excluding carboxylic acids is 2. The number of carbonyl (C=O) groups is 2. The number of hydrogen-bond acceptors (Lipinski definition) is 5. The zero-order valence-electron chi connectivity index (χ0n) is 16.5. The van der Waals surface area contributed by atoms with E-state index >= 15 is 0 Å². The Morgan fingerprint density at radius 2 is 1.84 bits per heavy atom. The highest BCUT2D eigenvalue weighted by molar-refractivity contribution is 8.26. The zero-order chi connectivity index (χ0) is 21.5. The van der Waals surface area contributed by atoms with Gasteiger partial charge < -0.3 is 9.64 Å². The quantitative estimate of drug-likeness (QED) is 0.481. The van der Waals surface area contributed by atoms with Gasteiger partial charge in [0.05, 0.1) is 35.4 Å². The maximum Gasteiger partial charge on any atom is 0.267 e. The third kappa shape index (κ3) is 3.80. The number of thioether (sulfide) groups is 1. The summed E-state index contributed by atoms with van der Waals surface area (Å²) in [6, 6.07) is 15.0. The number of anilines is 1. The number of para-hydroxylation sites is 1. The molecule has 2 aromatic rings. The monoisotopic (exact) mass is 470 g/mol. The summed E-state index contributed by atoms with van der Waals surface area (Å²) in [6.45, 7) is 1.55. The van der Waals surface area contributed by atoms with Gasteiger partial charge in [0.25, 0.3) is 11.8 Å². The molecular formula is C23H19ClN2O3S2. The summed E-state index contributed by atoms with van der Waals surface area (Å²) in [7, 11) is 0. The van der Waals surface area contributed by atoms with Crippen LogP contribution >= 0.6 is 35.6 Å². The Kier molecular flexibility index (Phi) is 5.60. The van der Waals surface area contributed by atoms with Crippen molar-refractivity contribution in [3.05, 3.63) is 69.6 Å². The first-order valence-corrected chi connectivity index (χ1v) is 11.7. The molecule has 0 radical (unpaired) electrons. The number of benzene rings is 2. The Hall–Kier alpha value is -2.19. The molecule has 0 unspecified atom stereocenters. The average molecular weight is 471 g/mol. The van der Waals surface area contributed by atoms with Crippen molar-refractivity contribution in [1.82, 2.24) is 4.90 Å². The SMILES string of the molecule is O=C1/C(=C2/C(=O)N(Cc3ccc(Cl)cc3)c3ccccc32)SC(=S)N1C[C@H]1CCCO1. The van der Waals surface area contributed by atoms with Gasteiger partial charge in [0.2, 0.25) is 0 Å². The van der Waals surface area contributed by atoms with Gasteiger partial charge in [0, 0.05) is 17.2 Å². The standard InChI is InChI=1S/C23H19ClN2O3S2/c24-15-9-7-14(8-10-15)12-25-18-6-2-1-5-17(18)19(21(25)27)20-22(28)26(23(30)31-20)13-16-4-3-11-29-16/h1-2,5-10,16H,3-4,11-13H2/b20-19-/t16-/m1/s1. The molecule has 158 valence electrons. The molecule has 5 rings (SSSR count). The predicted molar refractivity (Wildman–Crippen MR) is 127 cm³/mol. The third-order valence-corrected chi connectivity index (χ3v) is 7.36. The van der Waals surface area contributed by atoms with Crippen molar-refractivity contribution in [1.29, 1.82) is 0 Å². The van der Waals surface area contributed by atoms with Crippen LogP contribution in [0.5, 0.6) is 0 Å². The molecule has 0 aliphatic carbocycles. The number of amides is 2. The summed E-state index contributed by atoms with van der Waals surface area (Å²) in [5, 5.41) is 0.646. The molecule has 0 spiro atoms. The van der Waals surface area contributed by atoms with E-state index in [1.807, 2.05) is 36.4 Å². The van der Waals surface area contributed by atoms with Crippen LogP contribution in [0.1, 0.15) is 24.0 Å². The maximum absolute atomic E-state index is 13.5. The lowest BCUT2D eigenvalue weighted by molar-refractivity contribution is -0.123.